The average Bonchev–Trinajstić information content (AvgIpc) is 3.04. The smallest absolute Gasteiger partial charge is 0.407 e. The second-order valence-corrected chi connectivity index (χ2v) is 10.6. The minimum atomic E-state index is -0.958. The lowest BCUT2D eigenvalue weighted by Gasteiger charge is -2.39. The van der Waals surface area contributed by atoms with Crippen molar-refractivity contribution in [3.8, 4) is 0 Å². The van der Waals surface area contributed by atoms with Gasteiger partial charge in [-0.3, -0.25) is 4.79 Å². The minimum Gasteiger partial charge on any atom is -0.444 e. The first kappa shape index (κ1) is 24.3. The fraction of sp³-hybridized carbons (Fsp3) is 0.615. The number of allylic oxidation sites excluding steroid dienone is 1. The Balaban J connectivity index is 1.57. The number of alkyl carbamates (subject to hydrolysis) is 1. The lowest BCUT2D eigenvalue weighted by Crippen LogP contribution is -2.49. The Labute approximate surface area is 192 Å². The molecule has 3 rings (SSSR count). The van der Waals surface area contributed by atoms with Crippen LogP contribution in [0.15, 0.2) is 30.3 Å². The number of hydrogen-bond acceptors (Lipinski definition) is 4. The number of aliphatic hydroxyl groups excluding tert-OH is 1. The van der Waals surface area contributed by atoms with Crippen molar-refractivity contribution < 1.29 is 19.4 Å². The zero-order valence-corrected chi connectivity index (χ0v) is 20.1. The summed E-state index contributed by atoms with van der Waals surface area (Å²) in [6, 6.07) is 7.93. The Hall–Kier alpha value is -2.34. The van der Waals surface area contributed by atoms with Gasteiger partial charge in [0.1, 0.15) is 5.60 Å². The standard InChI is InChI=1S/C26H38N2O4/c1-18(2)16-21(27-24(31)32-25(3,4)5)22(29)17-23(30)28-14-12-26(13-15-28)11-10-19-8-6-7-9-20(19)26/h6-11,18,21-22,29H,12-17H2,1-5H3,(H,27,31)/t21-,22-/m0/s1. The Kier molecular flexibility index (Phi) is 7.33. The van der Waals surface area contributed by atoms with E-state index in [9.17, 15) is 14.7 Å². The van der Waals surface area contributed by atoms with Gasteiger partial charge in [0, 0.05) is 18.5 Å². The van der Waals surface area contributed by atoms with Gasteiger partial charge in [0.05, 0.1) is 18.6 Å². The second-order valence-electron chi connectivity index (χ2n) is 10.6. The third-order valence-corrected chi connectivity index (χ3v) is 6.36. The predicted molar refractivity (Wildman–Crippen MR) is 126 cm³/mol. The molecule has 1 aliphatic carbocycles. The summed E-state index contributed by atoms with van der Waals surface area (Å²) in [5.41, 5.74) is 2.02. The van der Waals surface area contributed by atoms with Crippen LogP contribution in [0.3, 0.4) is 0 Å². The number of rotatable bonds is 6. The van der Waals surface area contributed by atoms with Crippen molar-refractivity contribution in [1.29, 1.82) is 0 Å². The number of likely N-dealkylation sites (tertiary alicyclic amines) is 1. The molecule has 2 amide bonds. The molecule has 6 nitrogen and oxygen atoms in total. The number of nitrogens with one attached hydrogen (secondary N) is 1. The number of aliphatic hydroxyl groups is 1. The largest absolute Gasteiger partial charge is 0.444 e. The molecule has 1 aromatic carbocycles. The molecule has 0 saturated carbocycles. The van der Waals surface area contributed by atoms with E-state index in [1.165, 1.54) is 11.1 Å². The highest BCUT2D eigenvalue weighted by Gasteiger charge is 2.39. The van der Waals surface area contributed by atoms with E-state index in [1.54, 1.807) is 20.8 Å². The summed E-state index contributed by atoms with van der Waals surface area (Å²) in [6.07, 6.45) is 5.28. The Morgan fingerprint density at radius 3 is 2.47 bits per heavy atom. The molecule has 1 spiro atoms. The molecule has 1 saturated heterocycles. The summed E-state index contributed by atoms with van der Waals surface area (Å²) in [5, 5.41) is 13.6. The number of hydrogen-bond donors (Lipinski definition) is 2. The van der Waals surface area contributed by atoms with Crippen LogP contribution < -0.4 is 5.32 Å². The van der Waals surface area contributed by atoms with E-state index in [-0.39, 0.29) is 23.7 Å². The van der Waals surface area contributed by atoms with Gasteiger partial charge in [0.15, 0.2) is 0 Å². The maximum absolute atomic E-state index is 13.0. The number of nitrogens with zero attached hydrogens (tertiary/aromatic N) is 1. The number of benzene rings is 1. The molecule has 32 heavy (non-hydrogen) atoms. The molecule has 1 fully saturated rings. The van der Waals surface area contributed by atoms with Crippen molar-refractivity contribution in [2.75, 3.05) is 13.1 Å². The van der Waals surface area contributed by atoms with Crippen LogP contribution in [0.5, 0.6) is 0 Å². The fourth-order valence-electron chi connectivity index (χ4n) is 4.76. The first-order valence-electron chi connectivity index (χ1n) is 11.7. The van der Waals surface area contributed by atoms with Crippen LogP contribution in [-0.4, -0.2) is 52.8 Å². The number of piperidine rings is 1. The molecule has 2 aliphatic rings. The molecule has 1 heterocycles. The normalized spacial score (nSPS) is 19.0. The van der Waals surface area contributed by atoms with Crippen LogP contribution in [0.25, 0.3) is 6.08 Å². The van der Waals surface area contributed by atoms with Crippen molar-refractivity contribution in [2.24, 2.45) is 5.92 Å². The molecule has 6 heteroatoms. The van der Waals surface area contributed by atoms with Crippen LogP contribution in [0.1, 0.15) is 71.4 Å². The Bertz CT molecular complexity index is 848. The summed E-state index contributed by atoms with van der Waals surface area (Å²) in [7, 11) is 0. The van der Waals surface area contributed by atoms with Crippen LogP contribution in [0, 0.1) is 5.92 Å². The van der Waals surface area contributed by atoms with Gasteiger partial charge < -0.3 is 20.1 Å². The van der Waals surface area contributed by atoms with Gasteiger partial charge in [0.25, 0.3) is 0 Å². The van der Waals surface area contributed by atoms with E-state index in [4.69, 9.17) is 4.74 Å². The van der Waals surface area contributed by atoms with E-state index in [2.05, 4.69) is 41.7 Å². The van der Waals surface area contributed by atoms with Crippen molar-refractivity contribution in [1.82, 2.24) is 10.2 Å². The van der Waals surface area contributed by atoms with Crippen molar-refractivity contribution in [2.45, 2.75) is 83.5 Å². The molecular formula is C26H38N2O4. The van der Waals surface area contributed by atoms with Crippen molar-refractivity contribution in [3.63, 3.8) is 0 Å². The molecule has 0 unspecified atom stereocenters. The van der Waals surface area contributed by atoms with Crippen LogP contribution in [0.2, 0.25) is 0 Å². The summed E-state index contributed by atoms with van der Waals surface area (Å²) in [6.45, 7) is 10.8. The Morgan fingerprint density at radius 1 is 1.19 bits per heavy atom. The quantitative estimate of drug-likeness (QED) is 0.690. The third kappa shape index (κ3) is 5.91. The van der Waals surface area contributed by atoms with Crippen LogP contribution >= 0.6 is 0 Å². The van der Waals surface area contributed by atoms with E-state index in [0.29, 0.717) is 19.5 Å². The van der Waals surface area contributed by atoms with E-state index >= 15 is 0 Å². The second kappa shape index (κ2) is 9.65. The molecule has 0 radical (unpaired) electrons. The topological polar surface area (TPSA) is 78.9 Å². The molecule has 1 aromatic rings. The van der Waals surface area contributed by atoms with Gasteiger partial charge in [0.2, 0.25) is 5.91 Å². The monoisotopic (exact) mass is 442 g/mol. The summed E-state index contributed by atoms with van der Waals surface area (Å²) in [5.74, 6) is 0.186. The lowest BCUT2D eigenvalue weighted by atomic mass is 9.74. The highest BCUT2D eigenvalue weighted by atomic mass is 16.6. The number of carbonyl (C=O) groups excluding carboxylic acids is 2. The summed E-state index contributed by atoms with van der Waals surface area (Å²) >= 11 is 0. The van der Waals surface area contributed by atoms with Crippen LogP contribution in [-0.2, 0) is 14.9 Å². The van der Waals surface area contributed by atoms with Crippen molar-refractivity contribution >= 4 is 18.1 Å². The number of fused-ring (bicyclic) bond motifs is 2. The third-order valence-electron chi connectivity index (χ3n) is 6.36. The van der Waals surface area contributed by atoms with E-state index in [1.807, 2.05) is 18.7 Å². The van der Waals surface area contributed by atoms with Gasteiger partial charge in [-0.1, -0.05) is 50.3 Å². The maximum atomic E-state index is 13.0. The number of amides is 2. The molecule has 1 aliphatic heterocycles. The van der Waals surface area contributed by atoms with Gasteiger partial charge in [-0.2, -0.15) is 0 Å². The first-order chi connectivity index (χ1) is 15.0. The molecule has 2 N–H and O–H groups in total. The van der Waals surface area contributed by atoms with Gasteiger partial charge in [-0.15, -0.1) is 0 Å². The SMILES string of the molecule is CC(C)C[C@H](NC(=O)OC(C)(C)C)[C@@H](O)CC(=O)N1CCC2(C=Cc3ccccc32)CC1. The van der Waals surface area contributed by atoms with Gasteiger partial charge in [-0.05, 0) is 57.1 Å². The number of ether oxygens (including phenoxy) is 1. The zero-order valence-electron chi connectivity index (χ0n) is 20.1. The average molecular weight is 443 g/mol. The highest BCUT2D eigenvalue weighted by molar-refractivity contribution is 5.77. The Morgan fingerprint density at radius 2 is 1.84 bits per heavy atom. The van der Waals surface area contributed by atoms with E-state index < -0.39 is 23.8 Å². The molecule has 2 atom stereocenters. The fourth-order valence-corrected chi connectivity index (χ4v) is 4.76. The molecule has 0 aromatic heterocycles. The van der Waals surface area contributed by atoms with Crippen molar-refractivity contribution in [3.05, 3.63) is 41.5 Å². The highest BCUT2D eigenvalue weighted by Crippen LogP contribution is 2.43. The lowest BCUT2D eigenvalue weighted by molar-refractivity contribution is -0.135. The molecule has 176 valence electrons. The first-order valence-corrected chi connectivity index (χ1v) is 11.7. The molecular weight excluding hydrogens is 404 g/mol. The summed E-state index contributed by atoms with van der Waals surface area (Å²) in [4.78, 5) is 27.1. The van der Waals surface area contributed by atoms with Gasteiger partial charge >= 0.3 is 6.09 Å². The molecule has 0 bridgehead atoms. The van der Waals surface area contributed by atoms with E-state index in [0.717, 1.165) is 12.8 Å². The predicted octanol–water partition coefficient (Wildman–Crippen LogP) is 4.26. The maximum Gasteiger partial charge on any atom is 0.407 e. The summed E-state index contributed by atoms with van der Waals surface area (Å²) < 4.78 is 5.34. The minimum absolute atomic E-state index is 0.00733. The van der Waals surface area contributed by atoms with Crippen LogP contribution in [0.4, 0.5) is 4.79 Å². The number of carbonyl (C=O) groups is 2. The van der Waals surface area contributed by atoms with Gasteiger partial charge in [-0.25, -0.2) is 4.79 Å². The zero-order chi connectivity index (χ0) is 23.5.